The average Bonchev–Trinajstić information content (AvgIpc) is 3.17. The Morgan fingerprint density at radius 2 is 2.07 bits per heavy atom. The van der Waals surface area contributed by atoms with Crippen LogP contribution in [0.4, 0.5) is 0 Å². The number of pyridine rings is 2. The van der Waals surface area contributed by atoms with Gasteiger partial charge in [-0.1, -0.05) is 11.6 Å². The average molecular weight is 434 g/mol. The predicted octanol–water partition coefficient (Wildman–Crippen LogP) is 2.77. The molecule has 1 fully saturated rings. The summed E-state index contributed by atoms with van der Waals surface area (Å²) in [6, 6.07) is 5.73. The zero-order valence-electron chi connectivity index (χ0n) is 16.3. The maximum absolute atomic E-state index is 12.4. The fourth-order valence-electron chi connectivity index (χ4n) is 3.70. The van der Waals surface area contributed by atoms with Crippen LogP contribution in [0.3, 0.4) is 0 Å². The van der Waals surface area contributed by atoms with Crippen molar-refractivity contribution in [3.05, 3.63) is 50.3 Å². The molecule has 29 heavy (non-hydrogen) atoms. The van der Waals surface area contributed by atoms with Crippen LogP contribution in [-0.4, -0.2) is 52.2 Å². The van der Waals surface area contributed by atoms with Crippen LogP contribution in [0.5, 0.6) is 5.75 Å². The lowest BCUT2D eigenvalue weighted by atomic mass is 10.1. The molecule has 4 rings (SSSR count). The van der Waals surface area contributed by atoms with E-state index in [0.717, 1.165) is 54.9 Å². The smallest absolute Gasteiger partial charge is 0.251 e. The van der Waals surface area contributed by atoms with Crippen LogP contribution < -0.4 is 15.6 Å². The van der Waals surface area contributed by atoms with Gasteiger partial charge in [0.1, 0.15) is 5.75 Å². The van der Waals surface area contributed by atoms with Crippen LogP contribution in [-0.2, 0) is 13.1 Å². The summed E-state index contributed by atoms with van der Waals surface area (Å²) in [6.07, 6.45) is 5.69. The van der Waals surface area contributed by atoms with Crippen molar-refractivity contribution in [1.82, 2.24) is 24.8 Å². The van der Waals surface area contributed by atoms with Gasteiger partial charge in [-0.15, -0.1) is 11.3 Å². The second kappa shape index (κ2) is 9.21. The number of methoxy groups -OCH3 is 1. The zero-order valence-corrected chi connectivity index (χ0v) is 17.9. The first kappa shape index (κ1) is 20.3. The van der Waals surface area contributed by atoms with Gasteiger partial charge in [0.05, 0.1) is 24.3 Å². The molecule has 4 heterocycles. The second-order valence-corrected chi connectivity index (χ2v) is 8.88. The Hall–Kier alpha value is -2.00. The molecular formula is C20H24ClN5O2S. The molecular weight excluding hydrogens is 410 g/mol. The predicted molar refractivity (Wildman–Crippen MR) is 116 cm³/mol. The summed E-state index contributed by atoms with van der Waals surface area (Å²) >= 11 is 7.41. The minimum atomic E-state index is -0.00711. The van der Waals surface area contributed by atoms with Crippen LogP contribution in [0.2, 0.25) is 4.47 Å². The number of hydrogen-bond acceptors (Lipinski definition) is 7. The minimum absolute atomic E-state index is 0.00711. The molecule has 0 saturated carbocycles. The SMILES string of the molecule is COc1cnc2ccc(=O)n(CCN3CCC(NCc4cnc(Cl)s4)CC3)c2c1. The van der Waals surface area contributed by atoms with Crippen molar-refractivity contribution >= 4 is 34.0 Å². The Kier molecular flexibility index (Phi) is 6.44. The Morgan fingerprint density at radius 1 is 1.24 bits per heavy atom. The molecule has 0 bridgehead atoms. The molecule has 0 spiro atoms. The molecule has 0 unspecified atom stereocenters. The van der Waals surface area contributed by atoms with E-state index < -0.39 is 0 Å². The van der Waals surface area contributed by atoms with Crippen LogP contribution in [0.1, 0.15) is 17.7 Å². The third-order valence-electron chi connectivity index (χ3n) is 5.37. The number of likely N-dealkylation sites (tertiary alicyclic amines) is 1. The van der Waals surface area contributed by atoms with Gasteiger partial charge in [0, 0.05) is 48.9 Å². The number of ether oxygens (including phenoxy) is 1. The van der Waals surface area contributed by atoms with Crippen LogP contribution >= 0.6 is 22.9 Å². The summed E-state index contributed by atoms with van der Waals surface area (Å²) in [5, 5.41) is 3.60. The molecule has 3 aromatic rings. The lowest BCUT2D eigenvalue weighted by molar-refractivity contribution is 0.191. The van der Waals surface area contributed by atoms with Gasteiger partial charge in [0.25, 0.3) is 5.56 Å². The summed E-state index contributed by atoms with van der Waals surface area (Å²) in [5.74, 6) is 0.658. The van der Waals surface area contributed by atoms with Crippen molar-refractivity contribution < 1.29 is 4.74 Å². The summed E-state index contributed by atoms with van der Waals surface area (Å²) in [5.41, 5.74) is 1.61. The molecule has 7 nitrogen and oxygen atoms in total. The van der Waals surface area contributed by atoms with Crippen LogP contribution in [0.25, 0.3) is 11.0 Å². The number of nitrogens with zero attached hydrogens (tertiary/aromatic N) is 4. The third kappa shape index (κ3) is 4.95. The molecule has 0 aliphatic carbocycles. The topological polar surface area (TPSA) is 72.3 Å². The maximum atomic E-state index is 12.4. The van der Waals surface area contributed by atoms with E-state index in [2.05, 4.69) is 20.2 Å². The highest BCUT2D eigenvalue weighted by Crippen LogP contribution is 2.19. The van der Waals surface area contributed by atoms with Gasteiger partial charge in [-0.3, -0.25) is 9.78 Å². The standard InChI is InChI=1S/C20H24ClN5O2S/c1-28-15-10-18-17(23-11-15)2-3-19(27)26(18)9-8-25-6-4-14(5-7-25)22-12-16-13-24-20(21)29-16/h2-3,10-11,13-14,22H,4-9,12H2,1H3. The molecule has 9 heteroatoms. The quantitative estimate of drug-likeness (QED) is 0.617. The first-order chi connectivity index (χ1) is 14.1. The van der Waals surface area contributed by atoms with E-state index in [-0.39, 0.29) is 5.56 Å². The Morgan fingerprint density at radius 3 is 2.79 bits per heavy atom. The second-order valence-electron chi connectivity index (χ2n) is 7.18. The van der Waals surface area contributed by atoms with Gasteiger partial charge >= 0.3 is 0 Å². The molecule has 0 aromatic carbocycles. The summed E-state index contributed by atoms with van der Waals surface area (Å²) in [7, 11) is 1.61. The number of aromatic nitrogens is 3. The van der Waals surface area contributed by atoms with Gasteiger partial charge in [0.15, 0.2) is 4.47 Å². The molecule has 0 atom stereocenters. The third-order valence-corrected chi connectivity index (χ3v) is 6.48. The largest absolute Gasteiger partial charge is 0.495 e. The van der Waals surface area contributed by atoms with E-state index in [9.17, 15) is 4.79 Å². The van der Waals surface area contributed by atoms with E-state index in [1.165, 1.54) is 11.3 Å². The molecule has 0 radical (unpaired) electrons. The van der Waals surface area contributed by atoms with Gasteiger partial charge in [-0.2, -0.15) is 0 Å². The lowest BCUT2D eigenvalue weighted by Crippen LogP contribution is -2.43. The van der Waals surface area contributed by atoms with Crippen molar-refractivity contribution in [2.45, 2.75) is 32.0 Å². The first-order valence-electron chi connectivity index (χ1n) is 9.72. The van der Waals surface area contributed by atoms with Gasteiger partial charge in [-0.05, 0) is 32.0 Å². The number of thiazole rings is 1. The highest BCUT2D eigenvalue weighted by molar-refractivity contribution is 7.15. The van der Waals surface area contributed by atoms with Gasteiger partial charge in [0.2, 0.25) is 0 Å². The number of rotatable bonds is 7. The van der Waals surface area contributed by atoms with E-state index in [1.54, 1.807) is 30.0 Å². The number of halogens is 1. The normalized spacial score (nSPS) is 15.8. The van der Waals surface area contributed by atoms with Crippen LogP contribution in [0, 0.1) is 0 Å². The number of fused-ring (bicyclic) bond motifs is 1. The Balaban J connectivity index is 1.32. The number of hydrogen-bond donors (Lipinski definition) is 1. The highest BCUT2D eigenvalue weighted by atomic mass is 35.5. The molecule has 1 saturated heterocycles. The molecule has 0 amide bonds. The monoisotopic (exact) mass is 433 g/mol. The molecule has 1 aliphatic heterocycles. The van der Waals surface area contributed by atoms with Crippen molar-refractivity contribution in [3.8, 4) is 5.75 Å². The molecule has 1 aliphatic rings. The van der Waals surface area contributed by atoms with E-state index in [1.807, 2.05) is 12.3 Å². The first-order valence-corrected chi connectivity index (χ1v) is 10.9. The van der Waals surface area contributed by atoms with E-state index in [4.69, 9.17) is 16.3 Å². The molecule has 3 aromatic heterocycles. The lowest BCUT2D eigenvalue weighted by Gasteiger charge is -2.32. The summed E-state index contributed by atoms with van der Waals surface area (Å²) < 4.78 is 7.66. The van der Waals surface area contributed by atoms with Gasteiger partial charge < -0.3 is 19.5 Å². The summed E-state index contributed by atoms with van der Waals surface area (Å²) in [4.78, 5) is 24.5. The van der Waals surface area contributed by atoms with Crippen molar-refractivity contribution in [3.63, 3.8) is 0 Å². The van der Waals surface area contributed by atoms with E-state index >= 15 is 0 Å². The van der Waals surface area contributed by atoms with Crippen molar-refractivity contribution in [2.24, 2.45) is 0 Å². The zero-order chi connectivity index (χ0) is 20.2. The minimum Gasteiger partial charge on any atom is -0.495 e. The fraction of sp³-hybridized carbons (Fsp3) is 0.450. The van der Waals surface area contributed by atoms with Gasteiger partial charge in [-0.25, -0.2) is 4.98 Å². The Labute approximate surface area is 178 Å². The number of nitrogens with one attached hydrogen (secondary N) is 1. The fourth-order valence-corrected chi connectivity index (χ4v) is 4.63. The highest BCUT2D eigenvalue weighted by Gasteiger charge is 2.19. The van der Waals surface area contributed by atoms with Crippen molar-refractivity contribution in [1.29, 1.82) is 0 Å². The van der Waals surface area contributed by atoms with E-state index in [0.29, 0.717) is 22.8 Å². The number of piperidine rings is 1. The molecule has 1 N–H and O–H groups in total. The van der Waals surface area contributed by atoms with Crippen LogP contribution in [0.15, 0.2) is 35.4 Å². The van der Waals surface area contributed by atoms with Crippen molar-refractivity contribution in [2.75, 3.05) is 26.7 Å². The molecule has 154 valence electrons. The maximum Gasteiger partial charge on any atom is 0.251 e. The Bertz CT molecular complexity index is 1030. The summed E-state index contributed by atoms with van der Waals surface area (Å²) in [6.45, 7) is 4.33.